The summed E-state index contributed by atoms with van der Waals surface area (Å²) < 4.78 is 26.6. The van der Waals surface area contributed by atoms with Gasteiger partial charge in [0.05, 0.1) is 7.57 Å². The number of thiophene rings is 1. The maximum absolute atomic E-state index is 12.0. The first-order valence-corrected chi connectivity index (χ1v) is 7.85. The Labute approximate surface area is 110 Å². The van der Waals surface area contributed by atoms with E-state index in [9.17, 15) is 8.42 Å². The number of hydrogen-bond donors (Lipinski definition) is 1. The summed E-state index contributed by atoms with van der Waals surface area (Å²) in [5.74, 6) is 0. The van der Waals surface area contributed by atoms with E-state index in [4.69, 9.17) is 5.73 Å². The Morgan fingerprint density at radius 2 is 2.13 bits per heavy atom. The van der Waals surface area contributed by atoms with E-state index in [1.54, 1.807) is 6.07 Å². The van der Waals surface area contributed by atoms with Crippen LogP contribution >= 0.6 is 43.2 Å². The normalized spacial score (nSPS) is 12.3. The summed E-state index contributed by atoms with van der Waals surface area (Å²) >= 11 is 7.80. The van der Waals surface area contributed by atoms with E-state index in [-0.39, 0.29) is 4.90 Å². The third-order valence-electron chi connectivity index (χ3n) is 1.76. The predicted octanol–water partition coefficient (Wildman–Crippen LogP) is 1.85. The quantitative estimate of drug-likeness (QED) is 0.870. The van der Waals surface area contributed by atoms with Crippen molar-refractivity contribution >= 4 is 53.2 Å². The van der Waals surface area contributed by atoms with Crippen LogP contribution < -0.4 is 5.73 Å². The summed E-state index contributed by atoms with van der Waals surface area (Å²) in [6, 6.07) is 1.58. The maximum atomic E-state index is 12.0. The summed E-state index contributed by atoms with van der Waals surface area (Å²) in [6.07, 6.45) is 0. The average Bonchev–Trinajstić information content (AvgIpc) is 2.46. The Hall–Kier alpha value is 0.530. The number of halogens is 2. The molecular formula is C7H10Br2N2O2S2. The van der Waals surface area contributed by atoms with E-state index in [0.29, 0.717) is 16.9 Å². The second kappa shape index (κ2) is 5.24. The molecule has 1 aromatic heterocycles. The van der Waals surface area contributed by atoms with Crippen molar-refractivity contribution in [2.24, 2.45) is 5.73 Å². The van der Waals surface area contributed by atoms with E-state index in [2.05, 4.69) is 31.9 Å². The Kier molecular flexibility index (Phi) is 4.75. The van der Waals surface area contributed by atoms with Gasteiger partial charge in [0.1, 0.15) is 4.90 Å². The Balaban J connectivity index is 3.11. The second-order valence-electron chi connectivity index (χ2n) is 2.80. The third kappa shape index (κ3) is 3.01. The van der Waals surface area contributed by atoms with Gasteiger partial charge < -0.3 is 5.73 Å². The van der Waals surface area contributed by atoms with E-state index >= 15 is 0 Å². The first-order chi connectivity index (χ1) is 6.89. The van der Waals surface area contributed by atoms with Crippen molar-refractivity contribution < 1.29 is 8.42 Å². The van der Waals surface area contributed by atoms with Crippen LogP contribution in [-0.2, 0) is 10.0 Å². The van der Waals surface area contributed by atoms with Crippen molar-refractivity contribution in [1.29, 1.82) is 0 Å². The minimum absolute atomic E-state index is 0.273. The highest BCUT2D eigenvalue weighted by molar-refractivity contribution is 9.12. The smallest absolute Gasteiger partial charge is 0.244 e. The van der Waals surface area contributed by atoms with Crippen LogP contribution in [0.5, 0.6) is 0 Å². The van der Waals surface area contributed by atoms with Gasteiger partial charge in [-0.3, -0.25) is 0 Å². The fourth-order valence-corrected chi connectivity index (χ4v) is 5.91. The molecule has 4 nitrogen and oxygen atoms in total. The average molecular weight is 378 g/mol. The topological polar surface area (TPSA) is 63.4 Å². The van der Waals surface area contributed by atoms with Gasteiger partial charge in [0, 0.05) is 20.1 Å². The zero-order chi connectivity index (χ0) is 11.6. The van der Waals surface area contributed by atoms with Crippen LogP contribution in [0.15, 0.2) is 18.5 Å². The summed E-state index contributed by atoms with van der Waals surface area (Å²) in [4.78, 5) is 0.273. The fraction of sp³-hybridized carbons (Fsp3) is 0.429. The molecule has 0 saturated heterocycles. The standard InChI is InChI=1S/C7H10Br2N2O2S2/c1-11(3-2-10)15(12,13)5-4-6(8)14-7(5)9/h4H,2-3,10H2,1H3. The third-order valence-corrected chi connectivity index (χ3v) is 6.37. The lowest BCUT2D eigenvalue weighted by Gasteiger charge is -2.15. The molecule has 86 valence electrons. The molecular weight excluding hydrogens is 368 g/mol. The first kappa shape index (κ1) is 13.6. The van der Waals surface area contributed by atoms with Gasteiger partial charge >= 0.3 is 0 Å². The van der Waals surface area contributed by atoms with Crippen LogP contribution in [0, 0.1) is 0 Å². The van der Waals surface area contributed by atoms with Gasteiger partial charge in [0.15, 0.2) is 0 Å². The molecule has 0 spiro atoms. The molecule has 0 unspecified atom stereocenters. The monoisotopic (exact) mass is 376 g/mol. The van der Waals surface area contributed by atoms with Crippen molar-refractivity contribution in [3.63, 3.8) is 0 Å². The van der Waals surface area contributed by atoms with Crippen molar-refractivity contribution in [2.45, 2.75) is 4.90 Å². The van der Waals surface area contributed by atoms with Gasteiger partial charge in [0.2, 0.25) is 10.0 Å². The van der Waals surface area contributed by atoms with Crippen molar-refractivity contribution in [1.82, 2.24) is 4.31 Å². The van der Waals surface area contributed by atoms with Crippen LogP contribution in [-0.4, -0.2) is 32.9 Å². The van der Waals surface area contributed by atoms with Crippen LogP contribution in [0.2, 0.25) is 0 Å². The Morgan fingerprint density at radius 3 is 2.53 bits per heavy atom. The molecule has 0 atom stereocenters. The molecule has 15 heavy (non-hydrogen) atoms. The molecule has 1 rings (SSSR count). The predicted molar refractivity (Wildman–Crippen MR) is 68.6 cm³/mol. The van der Waals surface area contributed by atoms with Gasteiger partial charge in [-0.1, -0.05) is 0 Å². The highest BCUT2D eigenvalue weighted by atomic mass is 79.9. The van der Waals surface area contributed by atoms with E-state index in [1.165, 1.54) is 22.7 Å². The highest BCUT2D eigenvalue weighted by Gasteiger charge is 2.24. The second-order valence-corrected chi connectivity index (χ2v) is 8.57. The maximum Gasteiger partial charge on any atom is 0.244 e. The molecule has 0 aromatic carbocycles. The minimum atomic E-state index is -3.42. The number of rotatable bonds is 4. The number of likely N-dealkylation sites (N-methyl/N-ethyl adjacent to an activating group) is 1. The molecule has 1 heterocycles. The van der Waals surface area contributed by atoms with Crippen LogP contribution in [0.4, 0.5) is 0 Å². The van der Waals surface area contributed by atoms with Gasteiger partial charge in [-0.25, -0.2) is 8.42 Å². The molecule has 8 heteroatoms. The molecule has 2 N–H and O–H groups in total. The van der Waals surface area contributed by atoms with Crippen molar-refractivity contribution in [3.05, 3.63) is 13.6 Å². The van der Waals surface area contributed by atoms with Gasteiger partial charge in [-0.2, -0.15) is 4.31 Å². The molecule has 0 saturated carbocycles. The molecule has 0 bridgehead atoms. The lowest BCUT2D eigenvalue weighted by atomic mass is 10.7. The molecule has 0 radical (unpaired) electrons. The number of hydrogen-bond acceptors (Lipinski definition) is 4. The molecule has 0 aliphatic heterocycles. The molecule has 0 amide bonds. The summed E-state index contributed by atoms with van der Waals surface area (Å²) in [7, 11) is -1.91. The fourth-order valence-electron chi connectivity index (χ4n) is 0.971. The zero-order valence-corrected chi connectivity index (χ0v) is 12.7. The summed E-state index contributed by atoms with van der Waals surface area (Å²) in [6.45, 7) is 0.612. The lowest BCUT2D eigenvalue weighted by molar-refractivity contribution is 0.476. The largest absolute Gasteiger partial charge is 0.329 e. The van der Waals surface area contributed by atoms with E-state index < -0.39 is 10.0 Å². The number of nitrogens with zero attached hydrogens (tertiary/aromatic N) is 1. The van der Waals surface area contributed by atoms with Gasteiger partial charge in [-0.15, -0.1) is 11.3 Å². The molecule has 0 fully saturated rings. The van der Waals surface area contributed by atoms with Crippen LogP contribution in [0.25, 0.3) is 0 Å². The van der Waals surface area contributed by atoms with Gasteiger partial charge in [-0.05, 0) is 37.9 Å². The van der Waals surface area contributed by atoms with Crippen molar-refractivity contribution in [3.8, 4) is 0 Å². The molecule has 0 aliphatic carbocycles. The first-order valence-electron chi connectivity index (χ1n) is 4.01. The highest BCUT2D eigenvalue weighted by Crippen LogP contribution is 2.35. The molecule has 1 aromatic rings. The summed E-state index contributed by atoms with van der Waals surface area (Å²) in [5.41, 5.74) is 5.32. The van der Waals surface area contributed by atoms with E-state index in [0.717, 1.165) is 3.79 Å². The summed E-state index contributed by atoms with van der Waals surface area (Å²) in [5, 5.41) is 0. The van der Waals surface area contributed by atoms with Gasteiger partial charge in [0.25, 0.3) is 0 Å². The van der Waals surface area contributed by atoms with Crippen molar-refractivity contribution in [2.75, 3.05) is 20.1 Å². The number of nitrogens with two attached hydrogens (primary N) is 1. The lowest BCUT2D eigenvalue weighted by Crippen LogP contribution is -2.31. The minimum Gasteiger partial charge on any atom is -0.329 e. The van der Waals surface area contributed by atoms with Crippen LogP contribution in [0.3, 0.4) is 0 Å². The van der Waals surface area contributed by atoms with E-state index in [1.807, 2.05) is 0 Å². The van der Waals surface area contributed by atoms with Crippen LogP contribution in [0.1, 0.15) is 0 Å². The Morgan fingerprint density at radius 1 is 1.53 bits per heavy atom. The Bertz CT molecular complexity index is 444. The molecule has 0 aliphatic rings. The number of sulfonamides is 1. The SMILES string of the molecule is CN(CCN)S(=O)(=O)c1cc(Br)sc1Br. The zero-order valence-electron chi connectivity index (χ0n) is 7.91.